The number of hydrogen-bond acceptors (Lipinski definition) is 3. The van der Waals surface area contributed by atoms with Crippen LogP contribution in [0.15, 0.2) is 17.4 Å². The van der Waals surface area contributed by atoms with Crippen LogP contribution in [0.3, 0.4) is 0 Å². The summed E-state index contributed by atoms with van der Waals surface area (Å²) in [6.45, 7) is 0.370. The second-order valence-electron chi connectivity index (χ2n) is 3.58. The number of carboxylic acids is 1. The SMILES string of the molecule is O=NN1CCc2c(F)ccc(C(=O)O)c2C1. The van der Waals surface area contributed by atoms with Crippen LogP contribution in [0, 0.1) is 10.7 Å². The van der Waals surface area contributed by atoms with Crippen molar-refractivity contribution < 1.29 is 14.3 Å². The van der Waals surface area contributed by atoms with E-state index in [0.717, 1.165) is 6.07 Å². The van der Waals surface area contributed by atoms with Crippen LogP contribution in [0.4, 0.5) is 4.39 Å². The number of benzene rings is 1. The van der Waals surface area contributed by atoms with Crippen molar-refractivity contribution in [2.45, 2.75) is 13.0 Å². The van der Waals surface area contributed by atoms with E-state index in [1.54, 1.807) is 0 Å². The minimum absolute atomic E-state index is 0.0322. The molecule has 1 aliphatic heterocycles. The summed E-state index contributed by atoms with van der Waals surface area (Å²) < 4.78 is 13.4. The van der Waals surface area contributed by atoms with Crippen LogP contribution in [-0.4, -0.2) is 22.6 Å². The predicted octanol–water partition coefficient (Wildman–Crippen LogP) is 1.56. The van der Waals surface area contributed by atoms with E-state index in [-0.39, 0.29) is 12.1 Å². The molecule has 0 aromatic heterocycles. The molecule has 1 aliphatic rings. The third-order valence-electron chi connectivity index (χ3n) is 2.68. The molecule has 1 heterocycles. The third kappa shape index (κ3) is 1.62. The number of nitrogens with zero attached hydrogens (tertiary/aromatic N) is 2. The molecular formula is C10H9FN2O3. The van der Waals surface area contributed by atoms with Crippen molar-refractivity contribution in [2.24, 2.45) is 5.29 Å². The molecule has 0 saturated heterocycles. The molecule has 0 aliphatic carbocycles. The molecule has 5 nitrogen and oxygen atoms in total. The van der Waals surface area contributed by atoms with Crippen LogP contribution in [0.5, 0.6) is 0 Å². The van der Waals surface area contributed by atoms with Gasteiger partial charge in [0.25, 0.3) is 0 Å². The fourth-order valence-corrected chi connectivity index (χ4v) is 1.89. The molecule has 0 amide bonds. The van der Waals surface area contributed by atoms with E-state index in [1.165, 1.54) is 11.1 Å². The number of carbonyl (C=O) groups is 1. The highest BCUT2D eigenvalue weighted by atomic mass is 19.1. The van der Waals surface area contributed by atoms with Gasteiger partial charge in [-0.1, -0.05) is 0 Å². The second kappa shape index (κ2) is 3.88. The number of halogens is 1. The van der Waals surface area contributed by atoms with E-state index in [9.17, 15) is 14.1 Å². The smallest absolute Gasteiger partial charge is 0.336 e. The molecule has 16 heavy (non-hydrogen) atoms. The summed E-state index contributed by atoms with van der Waals surface area (Å²) in [6, 6.07) is 2.36. The lowest BCUT2D eigenvalue weighted by Crippen LogP contribution is -2.28. The van der Waals surface area contributed by atoms with Gasteiger partial charge in [0.1, 0.15) is 5.82 Å². The zero-order valence-corrected chi connectivity index (χ0v) is 8.31. The highest BCUT2D eigenvalue weighted by molar-refractivity contribution is 5.89. The lowest BCUT2D eigenvalue weighted by molar-refractivity contribution is 0.0693. The molecule has 6 heteroatoms. The summed E-state index contributed by atoms with van der Waals surface area (Å²) in [5.41, 5.74) is 0.753. The molecule has 0 atom stereocenters. The highest BCUT2D eigenvalue weighted by Crippen LogP contribution is 2.25. The Hall–Kier alpha value is -1.98. The lowest BCUT2D eigenvalue weighted by Gasteiger charge is -2.25. The van der Waals surface area contributed by atoms with E-state index in [0.29, 0.717) is 24.1 Å². The van der Waals surface area contributed by atoms with Crippen LogP contribution in [-0.2, 0) is 13.0 Å². The summed E-state index contributed by atoms with van der Waals surface area (Å²) in [5.74, 6) is -1.55. The zero-order valence-electron chi connectivity index (χ0n) is 8.31. The van der Waals surface area contributed by atoms with Crippen LogP contribution >= 0.6 is 0 Å². The average Bonchev–Trinajstić information content (AvgIpc) is 2.28. The highest BCUT2D eigenvalue weighted by Gasteiger charge is 2.24. The number of hydrogen-bond donors (Lipinski definition) is 1. The first kappa shape index (κ1) is 10.5. The molecule has 2 rings (SSSR count). The first-order valence-electron chi connectivity index (χ1n) is 4.75. The largest absolute Gasteiger partial charge is 0.478 e. The fourth-order valence-electron chi connectivity index (χ4n) is 1.89. The van der Waals surface area contributed by atoms with Gasteiger partial charge in [-0.05, 0) is 29.7 Å². The molecule has 0 spiro atoms. The Labute approximate surface area is 90.4 Å². The van der Waals surface area contributed by atoms with Gasteiger partial charge in [0.15, 0.2) is 0 Å². The summed E-state index contributed by atoms with van der Waals surface area (Å²) in [6.07, 6.45) is 0.300. The van der Waals surface area contributed by atoms with Crippen molar-refractivity contribution in [3.8, 4) is 0 Å². The Morgan fingerprint density at radius 3 is 2.81 bits per heavy atom. The number of aromatic carboxylic acids is 1. The molecule has 1 aromatic rings. The second-order valence-corrected chi connectivity index (χ2v) is 3.58. The first-order valence-corrected chi connectivity index (χ1v) is 4.75. The number of carboxylic acid groups (broad SMARTS) is 1. The first-order chi connectivity index (χ1) is 7.63. The predicted molar refractivity (Wildman–Crippen MR) is 53.3 cm³/mol. The topological polar surface area (TPSA) is 70.0 Å². The molecule has 1 aromatic carbocycles. The Morgan fingerprint density at radius 2 is 2.19 bits per heavy atom. The van der Waals surface area contributed by atoms with Gasteiger partial charge in [-0.15, -0.1) is 4.91 Å². The van der Waals surface area contributed by atoms with Crippen molar-refractivity contribution in [2.75, 3.05) is 6.54 Å². The van der Waals surface area contributed by atoms with E-state index in [1.807, 2.05) is 0 Å². The van der Waals surface area contributed by atoms with E-state index in [4.69, 9.17) is 5.11 Å². The van der Waals surface area contributed by atoms with Gasteiger partial charge in [0.2, 0.25) is 0 Å². The Balaban J connectivity index is 2.53. The maximum atomic E-state index is 13.4. The average molecular weight is 224 g/mol. The Kier molecular flexibility index (Phi) is 2.55. The van der Waals surface area contributed by atoms with Crippen LogP contribution in [0.1, 0.15) is 21.5 Å². The van der Waals surface area contributed by atoms with E-state index in [2.05, 4.69) is 5.29 Å². The van der Waals surface area contributed by atoms with Gasteiger partial charge >= 0.3 is 5.97 Å². The van der Waals surface area contributed by atoms with Gasteiger partial charge in [0, 0.05) is 6.54 Å². The van der Waals surface area contributed by atoms with Crippen molar-refractivity contribution in [1.82, 2.24) is 5.01 Å². The zero-order chi connectivity index (χ0) is 11.7. The van der Waals surface area contributed by atoms with E-state index >= 15 is 0 Å². The monoisotopic (exact) mass is 224 g/mol. The van der Waals surface area contributed by atoms with Crippen molar-refractivity contribution >= 4 is 5.97 Å². The van der Waals surface area contributed by atoms with Gasteiger partial charge in [0.05, 0.1) is 17.4 Å². The molecular weight excluding hydrogens is 215 g/mol. The summed E-state index contributed by atoms with van der Waals surface area (Å²) in [5, 5.41) is 12.9. The van der Waals surface area contributed by atoms with Crippen LogP contribution in [0.25, 0.3) is 0 Å². The molecule has 0 unspecified atom stereocenters. The van der Waals surface area contributed by atoms with Crippen LogP contribution < -0.4 is 0 Å². The number of fused-ring (bicyclic) bond motifs is 1. The Morgan fingerprint density at radius 1 is 1.44 bits per heavy atom. The third-order valence-corrected chi connectivity index (χ3v) is 2.68. The van der Waals surface area contributed by atoms with Crippen LogP contribution in [0.2, 0.25) is 0 Å². The Bertz CT molecular complexity index is 462. The van der Waals surface area contributed by atoms with Crippen molar-refractivity contribution in [3.05, 3.63) is 39.5 Å². The van der Waals surface area contributed by atoms with E-state index < -0.39 is 11.8 Å². The maximum Gasteiger partial charge on any atom is 0.336 e. The van der Waals surface area contributed by atoms with Crippen molar-refractivity contribution in [1.29, 1.82) is 0 Å². The van der Waals surface area contributed by atoms with Gasteiger partial charge < -0.3 is 5.11 Å². The molecule has 0 radical (unpaired) electrons. The molecule has 0 bridgehead atoms. The normalized spacial score (nSPS) is 14.4. The number of nitroso groups, excluding NO2 is 1. The number of rotatable bonds is 2. The maximum absolute atomic E-state index is 13.4. The molecule has 0 saturated carbocycles. The van der Waals surface area contributed by atoms with Crippen molar-refractivity contribution in [3.63, 3.8) is 0 Å². The minimum atomic E-state index is -1.12. The lowest BCUT2D eigenvalue weighted by atomic mass is 9.95. The quantitative estimate of drug-likeness (QED) is 0.774. The summed E-state index contributed by atoms with van der Waals surface area (Å²) in [4.78, 5) is 21.3. The molecule has 1 N–H and O–H groups in total. The minimum Gasteiger partial charge on any atom is -0.478 e. The summed E-state index contributed by atoms with van der Waals surface area (Å²) >= 11 is 0. The summed E-state index contributed by atoms with van der Waals surface area (Å²) in [7, 11) is 0. The standard InChI is InChI=1S/C10H9FN2O3/c11-9-2-1-7(10(14)15)8-5-13(12-16)4-3-6(8)9/h1-2H,3-5H2,(H,14,15). The molecule has 84 valence electrons. The van der Waals surface area contributed by atoms with Gasteiger partial charge in [-0.3, -0.25) is 5.01 Å². The van der Waals surface area contributed by atoms with Gasteiger partial charge in [-0.2, -0.15) is 0 Å². The molecule has 0 fully saturated rings. The fraction of sp³-hybridized carbons (Fsp3) is 0.300. The van der Waals surface area contributed by atoms with Gasteiger partial charge in [-0.25, -0.2) is 9.18 Å².